The van der Waals surface area contributed by atoms with E-state index in [1.54, 1.807) is 18.4 Å². The number of carbonyl (C=O) groups is 1. The molecule has 0 saturated heterocycles. The van der Waals surface area contributed by atoms with Crippen LogP contribution >= 0.6 is 11.3 Å². The number of rotatable bonds is 7. The number of amides is 1. The van der Waals surface area contributed by atoms with Gasteiger partial charge in [-0.15, -0.1) is 11.3 Å². The molecule has 0 aliphatic heterocycles. The molecule has 5 heteroatoms. The standard InChI is InChI=1S/C19H23NO3S/c1-23-16-7-4-13(5-8-16)6-9-18(22)20-19(14-11-15(21)12-14)17-3-2-10-24-17/h2-5,7-8,10,14-15,19,21H,6,9,11-12H2,1H3,(H,20,22)/t14?,15?,19-/m0/s1. The van der Waals surface area contributed by atoms with Crippen molar-refractivity contribution in [3.63, 3.8) is 0 Å². The van der Waals surface area contributed by atoms with E-state index < -0.39 is 0 Å². The predicted molar refractivity (Wildman–Crippen MR) is 95.2 cm³/mol. The Morgan fingerprint density at radius 2 is 2.08 bits per heavy atom. The van der Waals surface area contributed by atoms with Gasteiger partial charge < -0.3 is 15.2 Å². The second-order valence-corrected chi connectivity index (χ2v) is 7.27. The van der Waals surface area contributed by atoms with Crippen LogP contribution in [0.1, 0.15) is 35.7 Å². The topological polar surface area (TPSA) is 58.6 Å². The summed E-state index contributed by atoms with van der Waals surface area (Å²) >= 11 is 1.66. The molecule has 2 aromatic rings. The van der Waals surface area contributed by atoms with Crippen LogP contribution in [0, 0.1) is 5.92 Å². The Kier molecular flexibility index (Phi) is 5.53. The Balaban J connectivity index is 1.55. The smallest absolute Gasteiger partial charge is 0.220 e. The van der Waals surface area contributed by atoms with E-state index in [0.717, 1.165) is 24.2 Å². The van der Waals surface area contributed by atoms with Gasteiger partial charge in [0, 0.05) is 11.3 Å². The fourth-order valence-electron chi connectivity index (χ4n) is 3.09. The number of carbonyl (C=O) groups excluding carboxylic acids is 1. The summed E-state index contributed by atoms with van der Waals surface area (Å²) in [6.07, 6.45) is 2.49. The Bertz CT molecular complexity index is 648. The number of hydrogen-bond acceptors (Lipinski definition) is 4. The van der Waals surface area contributed by atoms with Crippen LogP contribution in [-0.2, 0) is 11.2 Å². The van der Waals surface area contributed by atoms with Gasteiger partial charge in [0.15, 0.2) is 0 Å². The largest absolute Gasteiger partial charge is 0.497 e. The summed E-state index contributed by atoms with van der Waals surface area (Å²) in [5, 5.41) is 14.8. The SMILES string of the molecule is COc1ccc(CCC(=O)N[C@H](c2cccs2)C2CC(O)C2)cc1. The highest BCUT2D eigenvalue weighted by molar-refractivity contribution is 7.10. The van der Waals surface area contributed by atoms with Gasteiger partial charge in [0.25, 0.3) is 0 Å². The van der Waals surface area contributed by atoms with Crippen molar-refractivity contribution in [2.45, 2.75) is 37.8 Å². The molecular formula is C19H23NO3S. The molecule has 2 N–H and O–H groups in total. The van der Waals surface area contributed by atoms with Crippen LogP contribution in [0.15, 0.2) is 41.8 Å². The quantitative estimate of drug-likeness (QED) is 0.809. The molecule has 0 unspecified atom stereocenters. The van der Waals surface area contributed by atoms with E-state index >= 15 is 0 Å². The van der Waals surface area contributed by atoms with Gasteiger partial charge in [0.2, 0.25) is 5.91 Å². The van der Waals surface area contributed by atoms with Crippen LogP contribution in [0.2, 0.25) is 0 Å². The van der Waals surface area contributed by atoms with Crippen molar-refractivity contribution in [2.75, 3.05) is 7.11 Å². The lowest BCUT2D eigenvalue weighted by molar-refractivity contribution is -0.123. The molecule has 1 aromatic carbocycles. The number of benzene rings is 1. The Morgan fingerprint density at radius 1 is 1.33 bits per heavy atom. The number of methoxy groups -OCH3 is 1. The van der Waals surface area contributed by atoms with Gasteiger partial charge in [0.05, 0.1) is 19.3 Å². The predicted octanol–water partition coefficient (Wildman–Crippen LogP) is 3.32. The second kappa shape index (κ2) is 7.81. The number of thiophene rings is 1. The average molecular weight is 345 g/mol. The van der Waals surface area contributed by atoms with E-state index in [9.17, 15) is 9.90 Å². The number of nitrogens with one attached hydrogen (secondary N) is 1. The third kappa shape index (κ3) is 4.16. The summed E-state index contributed by atoms with van der Waals surface area (Å²) in [6, 6.07) is 11.9. The first-order valence-electron chi connectivity index (χ1n) is 8.29. The minimum absolute atomic E-state index is 0.0248. The molecule has 1 atom stereocenters. The van der Waals surface area contributed by atoms with Crippen LogP contribution < -0.4 is 10.1 Å². The van der Waals surface area contributed by atoms with Crippen molar-refractivity contribution in [2.24, 2.45) is 5.92 Å². The molecule has 1 fully saturated rings. The van der Waals surface area contributed by atoms with Crippen LogP contribution in [0.4, 0.5) is 0 Å². The molecule has 24 heavy (non-hydrogen) atoms. The van der Waals surface area contributed by atoms with Crippen molar-refractivity contribution < 1.29 is 14.6 Å². The van der Waals surface area contributed by atoms with E-state index in [4.69, 9.17) is 4.74 Å². The van der Waals surface area contributed by atoms with Crippen molar-refractivity contribution >= 4 is 17.2 Å². The number of aliphatic hydroxyl groups excluding tert-OH is 1. The zero-order chi connectivity index (χ0) is 16.9. The van der Waals surface area contributed by atoms with Crippen molar-refractivity contribution in [3.8, 4) is 5.75 Å². The number of aliphatic hydroxyl groups is 1. The van der Waals surface area contributed by atoms with Gasteiger partial charge in [-0.2, -0.15) is 0 Å². The van der Waals surface area contributed by atoms with Gasteiger partial charge in [-0.1, -0.05) is 18.2 Å². The molecule has 1 amide bonds. The summed E-state index contributed by atoms with van der Waals surface area (Å²) < 4.78 is 5.14. The van der Waals surface area contributed by atoms with Gasteiger partial charge in [-0.05, 0) is 54.3 Å². The molecular weight excluding hydrogens is 322 g/mol. The van der Waals surface area contributed by atoms with E-state index in [-0.39, 0.29) is 18.1 Å². The Hall–Kier alpha value is -1.85. The minimum atomic E-state index is -0.214. The average Bonchev–Trinajstić information content (AvgIpc) is 3.10. The molecule has 1 saturated carbocycles. The summed E-state index contributed by atoms with van der Waals surface area (Å²) in [4.78, 5) is 13.5. The van der Waals surface area contributed by atoms with E-state index in [0.29, 0.717) is 18.8 Å². The molecule has 128 valence electrons. The highest BCUT2D eigenvalue weighted by atomic mass is 32.1. The van der Waals surface area contributed by atoms with Crippen LogP contribution in [-0.4, -0.2) is 24.2 Å². The lowest BCUT2D eigenvalue weighted by Gasteiger charge is -2.37. The van der Waals surface area contributed by atoms with Gasteiger partial charge in [0.1, 0.15) is 5.75 Å². The van der Waals surface area contributed by atoms with Gasteiger partial charge in [-0.3, -0.25) is 4.79 Å². The third-order valence-electron chi connectivity index (χ3n) is 4.59. The van der Waals surface area contributed by atoms with E-state index in [1.807, 2.05) is 35.7 Å². The van der Waals surface area contributed by atoms with Crippen LogP contribution in [0.5, 0.6) is 5.75 Å². The number of aryl methyl sites for hydroxylation is 1. The van der Waals surface area contributed by atoms with Crippen molar-refractivity contribution in [1.29, 1.82) is 0 Å². The highest BCUT2D eigenvalue weighted by Gasteiger charge is 2.35. The lowest BCUT2D eigenvalue weighted by atomic mass is 9.76. The Morgan fingerprint density at radius 3 is 2.67 bits per heavy atom. The van der Waals surface area contributed by atoms with Gasteiger partial charge in [-0.25, -0.2) is 0 Å². The zero-order valence-corrected chi connectivity index (χ0v) is 14.6. The van der Waals surface area contributed by atoms with Crippen LogP contribution in [0.25, 0.3) is 0 Å². The maximum Gasteiger partial charge on any atom is 0.220 e. The fraction of sp³-hybridized carbons (Fsp3) is 0.421. The van der Waals surface area contributed by atoms with Crippen molar-refractivity contribution in [1.82, 2.24) is 5.32 Å². The molecule has 1 aliphatic rings. The van der Waals surface area contributed by atoms with Crippen molar-refractivity contribution in [3.05, 3.63) is 52.2 Å². The third-order valence-corrected chi connectivity index (χ3v) is 5.54. The molecule has 1 heterocycles. The summed E-state index contributed by atoms with van der Waals surface area (Å²) in [7, 11) is 1.64. The first kappa shape index (κ1) is 17.0. The normalized spacial score (nSPS) is 20.9. The monoisotopic (exact) mass is 345 g/mol. The molecule has 0 radical (unpaired) electrons. The molecule has 1 aromatic heterocycles. The molecule has 0 spiro atoms. The molecule has 0 bridgehead atoms. The zero-order valence-electron chi connectivity index (χ0n) is 13.8. The molecule has 4 nitrogen and oxygen atoms in total. The lowest BCUT2D eigenvalue weighted by Crippen LogP contribution is -2.41. The number of hydrogen-bond donors (Lipinski definition) is 2. The molecule has 3 rings (SSSR count). The summed E-state index contributed by atoms with van der Waals surface area (Å²) in [6.45, 7) is 0. The first-order valence-corrected chi connectivity index (χ1v) is 9.17. The highest BCUT2D eigenvalue weighted by Crippen LogP contribution is 2.39. The van der Waals surface area contributed by atoms with Crippen LogP contribution in [0.3, 0.4) is 0 Å². The first-order chi connectivity index (χ1) is 11.7. The van der Waals surface area contributed by atoms with E-state index in [1.165, 1.54) is 4.88 Å². The minimum Gasteiger partial charge on any atom is -0.497 e. The second-order valence-electron chi connectivity index (χ2n) is 6.29. The Labute approximate surface area is 146 Å². The maximum atomic E-state index is 12.4. The van der Waals surface area contributed by atoms with Gasteiger partial charge >= 0.3 is 0 Å². The maximum absolute atomic E-state index is 12.4. The fourth-order valence-corrected chi connectivity index (χ4v) is 3.96. The summed E-state index contributed by atoms with van der Waals surface area (Å²) in [5.41, 5.74) is 1.12. The molecule has 1 aliphatic carbocycles. The van der Waals surface area contributed by atoms with E-state index in [2.05, 4.69) is 11.4 Å². The summed E-state index contributed by atoms with van der Waals surface area (Å²) in [5.74, 6) is 1.22. The number of ether oxygens (including phenoxy) is 1.